The summed E-state index contributed by atoms with van der Waals surface area (Å²) in [4.78, 5) is 16.6. The molecule has 0 radical (unpaired) electrons. The van der Waals surface area contributed by atoms with Gasteiger partial charge in [-0.15, -0.1) is 0 Å². The Bertz CT molecular complexity index is 1230. The number of hydrogen-bond acceptors (Lipinski definition) is 5. The molecular weight excluding hydrogens is 427 g/mol. The van der Waals surface area contributed by atoms with Gasteiger partial charge in [-0.05, 0) is 75.8 Å². The Morgan fingerprint density at radius 3 is 2.44 bits per heavy atom. The topological polar surface area (TPSA) is 58.9 Å². The molecule has 2 aromatic carbocycles. The molecule has 7 heteroatoms. The molecule has 34 heavy (non-hydrogen) atoms. The number of halogens is 1. The molecule has 2 aromatic heterocycles. The second-order valence-corrected chi connectivity index (χ2v) is 8.96. The van der Waals surface area contributed by atoms with Crippen LogP contribution in [0.15, 0.2) is 73.1 Å². The zero-order valence-corrected chi connectivity index (χ0v) is 19.5. The molecule has 1 atom stereocenters. The average molecular weight is 457 g/mol. The predicted molar refractivity (Wildman–Crippen MR) is 132 cm³/mol. The van der Waals surface area contributed by atoms with Crippen molar-refractivity contribution in [2.24, 2.45) is 0 Å². The Morgan fingerprint density at radius 2 is 1.71 bits per heavy atom. The van der Waals surface area contributed by atoms with Gasteiger partial charge in [0.1, 0.15) is 17.5 Å². The highest BCUT2D eigenvalue weighted by Gasteiger charge is 2.23. The zero-order valence-electron chi connectivity index (χ0n) is 19.5. The van der Waals surface area contributed by atoms with Crippen molar-refractivity contribution >= 4 is 5.95 Å². The molecule has 1 fully saturated rings. The molecule has 5 rings (SSSR count). The maximum absolute atomic E-state index is 13.6. The highest BCUT2D eigenvalue weighted by Crippen LogP contribution is 2.31. The number of likely N-dealkylation sites (tertiary alicyclic amines) is 1. The smallest absolute Gasteiger partial charge is 0.225 e. The average Bonchev–Trinajstić information content (AvgIpc) is 3.31. The van der Waals surface area contributed by atoms with Crippen molar-refractivity contribution in [1.29, 1.82) is 0 Å². The Hall–Kier alpha value is -3.58. The summed E-state index contributed by atoms with van der Waals surface area (Å²) < 4.78 is 15.6. The lowest BCUT2D eigenvalue weighted by atomic mass is 9.94. The van der Waals surface area contributed by atoms with E-state index in [0.717, 1.165) is 54.4 Å². The fraction of sp³-hybridized carbons (Fsp3) is 0.296. The van der Waals surface area contributed by atoms with Crippen molar-refractivity contribution in [3.8, 4) is 17.2 Å². The van der Waals surface area contributed by atoms with Crippen LogP contribution in [-0.4, -0.2) is 44.6 Å². The number of rotatable bonds is 6. The van der Waals surface area contributed by atoms with Gasteiger partial charge in [0.25, 0.3) is 0 Å². The van der Waals surface area contributed by atoms with E-state index in [4.69, 9.17) is 9.97 Å². The van der Waals surface area contributed by atoms with Crippen LogP contribution < -0.4 is 5.32 Å². The fourth-order valence-electron chi connectivity index (χ4n) is 4.45. The second kappa shape index (κ2) is 9.73. The Kier molecular flexibility index (Phi) is 6.36. The second-order valence-electron chi connectivity index (χ2n) is 8.96. The van der Waals surface area contributed by atoms with E-state index < -0.39 is 0 Å². The van der Waals surface area contributed by atoms with Crippen molar-refractivity contribution in [2.75, 3.05) is 25.5 Å². The summed E-state index contributed by atoms with van der Waals surface area (Å²) >= 11 is 0. The number of nitrogens with one attached hydrogen (secondary N) is 1. The quantitative estimate of drug-likeness (QED) is 0.418. The van der Waals surface area contributed by atoms with E-state index in [1.807, 2.05) is 28.8 Å². The Morgan fingerprint density at radius 1 is 0.971 bits per heavy atom. The molecule has 1 unspecified atom stereocenters. The first-order valence-corrected chi connectivity index (χ1v) is 11.8. The first-order valence-electron chi connectivity index (χ1n) is 11.8. The molecule has 0 spiro atoms. The minimum Gasteiger partial charge on any atom is -0.348 e. The van der Waals surface area contributed by atoms with Gasteiger partial charge >= 0.3 is 0 Å². The normalized spacial score (nSPS) is 15.9. The number of aromatic nitrogens is 4. The summed E-state index contributed by atoms with van der Waals surface area (Å²) in [5, 5.41) is 3.40. The molecule has 1 aliphatic heterocycles. The highest BCUT2D eigenvalue weighted by molar-refractivity contribution is 5.59. The lowest BCUT2D eigenvalue weighted by molar-refractivity contribution is 0.253. The van der Waals surface area contributed by atoms with Gasteiger partial charge in [0, 0.05) is 23.9 Å². The number of imidazole rings is 1. The minimum absolute atomic E-state index is 0.0607. The van der Waals surface area contributed by atoms with Gasteiger partial charge in [0.2, 0.25) is 5.95 Å². The summed E-state index contributed by atoms with van der Waals surface area (Å²) in [6.07, 6.45) is 5.98. The van der Waals surface area contributed by atoms with E-state index in [9.17, 15) is 4.39 Å². The summed E-state index contributed by atoms with van der Waals surface area (Å²) in [7, 11) is 2.16. The standard InChI is InChI=1S/C27H29FN6/c1-19(20-6-4-3-5-7-20)30-27-29-15-12-25(32-27)34-18-24(21-13-16-33(2)17-14-21)31-26(34)22-8-10-23(28)11-9-22/h3-12,15,18-19,21H,13-14,16-17H2,1-2H3,(H,29,30,32). The summed E-state index contributed by atoms with van der Waals surface area (Å²) in [6.45, 7) is 4.20. The lowest BCUT2D eigenvalue weighted by Gasteiger charge is -2.27. The number of benzene rings is 2. The third-order valence-electron chi connectivity index (χ3n) is 6.50. The van der Waals surface area contributed by atoms with E-state index in [-0.39, 0.29) is 11.9 Å². The molecule has 174 valence electrons. The van der Waals surface area contributed by atoms with Crippen LogP contribution in [0.2, 0.25) is 0 Å². The molecular formula is C27H29FN6. The number of nitrogens with zero attached hydrogens (tertiary/aromatic N) is 5. The molecule has 0 saturated carbocycles. The van der Waals surface area contributed by atoms with Gasteiger partial charge in [0.15, 0.2) is 0 Å². The molecule has 4 aromatic rings. The van der Waals surface area contributed by atoms with E-state index in [1.54, 1.807) is 18.3 Å². The minimum atomic E-state index is -0.263. The van der Waals surface area contributed by atoms with Gasteiger partial charge in [0.05, 0.1) is 11.7 Å². The summed E-state index contributed by atoms with van der Waals surface area (Å²) in [5.41, 5.74) is 3.07. The van der Waals surface area contributed by atoms with Crippen LogP contribution in [0, 0.1) is 5.82 Å². The molecule has 1 saturated heterocycles. The van der Waals surface area contributed by atoms with Crippen molar-refractivity contribution in [3.05, 3.63) is 90.1 Å². The van der Waals surface area contributed by atoms with Gasteiger partial charge in [-0.2, -0.15) is 4.98 Å². The van der Waals surface area contributed by atoms with Gasteiger partial charge in [-0.1, -0.05) is 30.3 Å². The first-order chi connectivity index (χ1) is 16.6. The van der Waals surface area contributed by atoms with E-state index in [1.165, 1.54) is 12.1 Å². The van der Waals surface area contributed by atoms with Gasteiger partial charge in [-0.3, -0.25) is 4.57 Å². The molecule has 1 aliphatic rings. The third-order valence-corrected chi connectivity index (χ3v) is 6.50. The van der Waals surface area contributed by atoms with E-state index >= 15 is 0 Å². The Labute approximate surface area is 199 Å². The molecule has 0 aliphatic carbocycles. The van der Waals surface area contributed by atoms with Crippen LogP contribution in [0.25, 0.3) is 17.2 Å². The monoisotopic (exact) mass is 456 g/mol. The summed E-state index contributed by atoms with van der Waals surface area (Å²) in [6, 6.07) is 18.6. The number of piperidine rings is 1. The van der Waals surface area contributed by atoms with E-state index in [0.29, 0.717) is 11.9 Å². The first kappa shape index (κ1) is 22.2. The van der Waals surface area contributed by atoms with E-state index in [2.05, 4.69) is 47.5 Å². The lowest BCUT2D eigenvalue weighted by Crippen LogP contribution is -2.29. The van der Waals surface area contributed by atoms with Gasteiger partial charge in [-0.25, -0.2) is 14.4 Å². The van der Waals surface area contributed by atoms with Crippen LogP contribution in [0.4, 0.5) is 10.3 Å². The van der Waals surface area contributed by atoms with Crippen LogP contribution in [0.3, 0.4) is 0 Å². The SMILES string of the molecule is CC(Nc1nccc(-n2cc(C3CCN(C)CC3)nc2-c2ccc(F)cc2)n1)c1ccccc1. The molecule has 0 amide bonds. The van der Waals surface area contributed by atoms with Crippen LogP contribution in [-0.2, 0) is 0 Å². The highest BCUT2D eigenvalue weighted by atomic mass is 19.1. The maximum atomic E-state index is 13.6. The third kappa shape index (κ3) is 4.84. The molecule has 6 nitrogen and oxygen atoms in total. The molecule has 0 bridgehead atoms. The van der Waals surface area contributed by atoms with Crippen molar-refractivity contribution in [3.63, 3.8) is 0 Å². The zero-order chi connectivity index (χ0) is 23.5. The van der Waals surface area contributed by atoms with Crippen LogP contribution in [0.5, 0.6) is 0 Å². The van der Waals surface area contributed by atoms with Crippen molar-refractivity contribution in [2.45, 2.75) is 31.7 Å². The van der Waals surface area contributed by atoms with Crippen molar-refractivity contribution in [1.82, 2.24) is 24.4 Å². The van der Waals surface area contributed by atoms with Crippen molar-refractivity contribution < 1.29 is 4.39 Å². The predicted octanol–water partition coefficient (Wildman–Crippen LogP) is 5.45. The van der Waals surface area contributed by atoms with Crippen LogP contribution in [0.1, 0.15) is 43.0 Å². The molecule has 1 N–H and O–H groups in total. The van der Waals surface area contributed by atoms with Crippen LogP contribution >= 0.6 is 0 Å². The van der Waals surface area contributed by atoms with Gasteiger partial charge < -0.3 is 10.2 Å². The largest absolute Gasteiger partial charge is 0.348 e. The Balaban J connectivity index is 1.49. The number of anilines is 1. The fourth-order valence-corrected chi connectivity index (χ4v) is 4.45. The maximum Gasteiger partial charge on any atom is 0.225 e. The molecule has 3 heterocycles. The summed E-state index contributed by atoms with van der Waals surface area (Å²) in [5.74, 6) is 2.17. The number of hydrogen-bond donors (Lipinski definition) is 1.